The second-order valence-corrected chi connectivity index (χ2v) is 8.71. The van der Waals surface area contributed by atoms with Crippen LogP contribution in [-0.2, 0) is 16.1 Å². The van der Waals surface area contributed by atoms with Crippen molar-refractivity contribution in [1.29, 1.82) is 0 Å². The lowest BCUT2D eigenvalue weighted by molar-refractivity contribution is -0.325. The van der Waals surface area contributed by atoms with Crippen molar-refractivity contribution in [1.82, 2.24) is 0 Å². The summed E-state index contributed by atoms with van der Waals surface area (Å²) in [5, 5.41) is 44.5. The van der Waals surface area contributed by atoms with E-state index in [4.69, 9.17) is 14.2 Å². The van der Waals surface area contributed by atoms with Crippen molar-refractivity contribution < 1.29 is 44.2 Å². The average Bonchev–Trinajstić information content (AvgIpc) is 2.95. The van der Waals surface area contributed by atoms with Gasteiger partial charge in [-0.1, -0.05) is 72.8 Å². The molecule has 37 heavy (non-hydrogen) atoms. The Balaban J connectivity index is 1.65. The van der Waals surface area contributed by atoms with E-state index < -0.39 is 47.9 Å². The van der Waals surface area contributed by atoms with Gasteiger partial charge >= 0.3 is 0 Å². The Morgan fingerprint density at radius 2 is 1.46 bits per heavy atom. The fourth-order valence-corrected chi connectivity index (χ4v) is 4.23. The van der Waals surface area contributed by atoms with E-state index in [9.17, 15) is 30.0 Å². The number of rotatable bonds is 9. The zero-order valence-corrected chi connectivity index (χ0v) is 20.0. The Morgan fingerprint density at radius 1 is 0.892 bits per heavy atom. The van der Waals surface area contributed by atoms with Gasteiger partial charge in [0.2, 0.25) is 0 Å². The molecule has 194 valence electrons. The molecule has 4 rings (SSSR count). The summed E-state index contributed by atoms with van der Waals surface area (Å²) in [6.45, 7) is -0.118. The summed E-state index contributed by atoms with van der Waals surface area (Å²) in [5.41, 5.74) is -2.07. The Morgan fingerprint density at radius 3 is 2.03 bits per heavy atom. The highest BCUT2D eigenvalue weighted by Crippen LogP contribution is 2.36. The maximum absolute atomic E-state index is 13.4. The monoisotopic (exact) mass is 508 g/mol. The van der Waals surface area contributed by atoms with E-state index in [0.29, 0.717) is 11.3 Å². The Kier molecular flexibility index (Phi) is 8.13. The first-order valence-corrected chi connectivity index (χ1v) is 11.6. The van der Waals surface area contributed by atoms with Crippen LogP contribution in [0.2, 0.25) is 0 Å². The molecule has 4 N–H and O–H groups in total. The molecule has 1 heterocycles. The average molecular weight is 509 g/mol. The van der Waals surface area contributed by atoms with Crippen molar-refractivity contribution in [2.75, 3.05) is 7.11 Å². The summed E-state index contributed by atoms with van der Waals surface area (Å²) in [7, 11) is 1.52. The second kappa shape index (κ2) is 11.3. The van der Waals surface area contributed by atoms with Crippen molar-refractivity contribution in [3.63, 3.8) is 0 Å². The number of methoxy groups -OCH3 is 1. The fourth-order valence-electron chi connectivity index (χ4n) is 4.23. The highest BCUT2D eigenvalue weighted by atomic mass is 16.7. The van der Waals surface area contributed by atoms with E-state index in [0.717, 1.165) is 0 Å². The second-order valence-electron chi connectivity index (χ2n) is 8.71. The molecule has 9 nitrogen and oxygen atoms in total. The molecule has 9 heteroatoms. The van der Waals surface area contributed by atoms with Gasteiger partial charge in [0.1, 0.15) is 30.2 Å². The van der Waals surface area contributed by atoms with Crippen LogP contribution in [0.25, 0.3) is 0 Å². The fraction of sp³-hybridized carbons (Fsp3) is 0.286. The lowest BCUT2D eigenvalue weighted by atomic mass is 9.76. The largest absolute Gasteiger partial charge is 0.497 e. The summed E-state index contributed by atoms with van der Waals surface area (Å²) < 4.78 is 16.4. The van der Waals surface area contributed by atoms with Crippen LogP contribution >= 0.6 is 0 Å². The zero-order chi connectivity index (χ0) is 26.6. The van der Waals surface area contributed by atoms with Crippen molar-refractivity contribution in [2.24, 2.45) is 0 Å². The van der Waals surface area contributed by atoms with Crippen LogP contribution in [0, 0.1) is 0 Å². The van der Waals surface area contributed by atoms with Crippen molar-refractivity contribution in [3.8, 4) is 5.75 Å². The molecule has 0 amide bonds. The number of carbonyl (C=O) groups is 2. The quantitative estimate of drug-likeness (QED) is 0.316. The van der Waals surface area contributed by atoms with Gasteiger partial charge in [0.25, 0.3) is 0 Å². The normalized spacial score (nSPS) is 26.3. The number of benzene rings is 3. The van der Waals surface area contributed by atoms with Gasteiger partial charge in [-0.2, -0.15) is 0 Å². The lowest BCUT2D eigenvalue weighted by Gasteiger charge is -2.47. The molecule has 0 saturated carbocycles. The molecule has 3 aromatic carbocycles. The molecule has 1 saturated heterocycles. The van der Waals surface area contributed by atoms with Crippen LogP contribution in [-0.4, -0.2) is 75.4 Å². The molecular weight excluding hydrogens is 480 g/mol. The molecule has 0 bridgehead atoms. The Bertz CT molecular complexity index is 1200. The molecule has 1 fully saturated rings. The molecule has 2 unspecified atom stereocenters. The third-order valence-electron chi connectivity index (χ3n) is 6.37. The summed E-state index contributed by atoms with van der Waals surface area (Å²) >= 11 is 0. The van der Waals surface area contributed by atoms with E-state index in [-0.39, 0.29) is 17.7 Å². The number of hydrogen-bond acceptors (Lipinski definition) is 9. The minimum Gasteiger partial charge on any atom is -0.497 e. The first-order valence-electron chi connectivity index (χ1n) is 11.6. The van der Waals surface area contributed by atoms with Crippen LogP contribution in [0.4, 0.5) is 0 Å². The molecule has 3 aromatic rings. The minimum absolute atomic E-state index is 0.00142. The van der Waals surface area contributed by atoms with Crippen molar-refractivity contribution in [3.05, 3.63) is 102 Å². The van der Waals surface area contributed by atoms with Crippen LogP contribution in [0.5, 0.6) is 5.75 Å². The van der Waals surface area contributed by atoms with Crippen molar-refractivity contribution >= 4 is 11.6 Å². The number of aliphatic hydroxyl groups is 4. The molecule has 6 atom stereocenters. The predicted molar refractivity (Wildman–Crippen MR) is 131 cm³/mol. The van der Waals surface area contributed by atoms with E-state index in [1.54, 1.807) is 60.7 Å². The molecule has 0 radical (unpaired) electrons. The molecule has 1 aliphatic rings. The smallest absolute Gasteiger partial charge is 0.200 e. The highest BCUT2D eigenvalue weighted by molar-refractivity contribution is 6.04. The molecule has 0 aliphatic carbocycles. The van der Waals surface area contributed by atoms with Crippen LogP contribution in [0.1, 0.15) is 26.3 Å². The van der Waals surface area contributed by atoms with Gasteiger partial charge in [0.05, 0.1) is 13.7 Å². The first-order chi connectivity index (χ1) is 17.8. The SMILES string of the molecule is COc1ccc(COC2O[C@@H](C(O)C(=O)c3ccccc3)[C@@H](O)[C@](O)(C(=O)c3ccccc3)[C@@H]2O)cc1. The van der Waals surface area contributed by atoms with E-state index in [1.165, 1.54) is 31.4 Å². The van der Waals surface area contributed by atoms with Gasteiger partial charge in [-0.3, -0.25) is 9.59 Å². The number of Topliss-reactive ketones (excluding diaryl/α,β-unsaturated/α-hetero) is 2. The van der Waals surface area contributed by atoms with Gasteiger partial charge in [0.15, 0.2) is 23.5 Å². The Hall–Kier alpha value is -3.44. The van der Waals surface area contributed by atoms with E-state index in [2.05, 4.69) is 0 Å². The standard InChI is InChI=1S/C28H28O9/c1-35-20-14-12-17(13-15-20)16-36-27-26(33)28(34,24(31)19-10-6-3-7-11-19)25(32)23(37-27)22(30)21(29)18-8-4-2-5-9-18/h2-15,22-23,25-27,30,32-34H,16H2,1H3/t22?,23-,25+,26+,27?,28+/m0/s1. The molecule has 1 aliphatic heterocycles. The molecule has 0 spiro atoms. The lowest BCUT2D eigenvalue weighted by Crippen LogP contribution is -2.72. The van der Waals surface area contributed by atoms with Gasteiger partial charge < -0.3 is 34.6 Å². The maximum atomic E-state index is 13.4. The van der Waals surface area contributed by atoms with Gasteiger partial charge in [-0.05, 0) is 17.7 Å². The summed E-state index contributed by atoms with van der Waals surface area (Å²) in [5.74, 6) is -1.20. The third kappa shape index (κ3) is 5.33. The van der Waals surface area contributed by atoms with E-state index in [1.807, 2.05) is 0 Å². The van der Waals surface area contributed by atoms with Crippen LogP contribution in [0.15, 0.2) is 84.9 Å². The molecular formula is C28H28O9. The first kappa shape index (κ1) is 26.6. The van der Waals surface area contributed by atoms with Crippen LogP contribution in [0.3, 0.4) is 0 Å². The molecule has 0 aromatic heterocycles. The summed E-state index contributed by atoms with van der Waals surface area (Å²) in [6.07, 6.45) is -9.67. The number of ketones is 2. The number of hydrogen-bond donors (Lipinski definition) is 4. The highest BCUT2D eigenvalue weighted by Gasteiger charge is 2.62. The topological polar surface area (TPSA) is 143 Å². The number of ether oxygens (including phenoxy) is 3. The van der Waals surface area contributed by atoms with Gasteiger partial charge in [0, 0.05) is 11.1 Å². The number of aliphatic hydroxyl groups excluding tert-OH is 3. The number of carbonyl (C=O) groups excluding carboxylic acids is 2. The van der Waals surface area contributed by atoms with Gasteiger partial charge in [-0.15, -0.1) is 0 Å². The van der Waals surface area contributed by atoms with E-state index >= 15 is 0 Å². The zero-order valence-electron chi connectivity index (χ0n) is 20.0. The third-order valence-corrected chi connectivity index (χ3v) is 6.37. The summed E-state index contributed by atoms with van der Waals surface area (Å²) in [6, 6.07) is 22.2. The Labute approximate surface area is 213 Å². The predicted octanol–water partition coefficient (Wildman–Crippen LogP) is 1.52. The minimum atomic E-state index is -2.85. The summed E-state index contributed by atoms with van der Waals surface area (Å²) in [4.78, 5) is 26.3. The van der Waals surface area contributed by atoms with Crippen molar-refractivity contribution in [2.45, 2.75) is 42.9 Å². The van der Waals surface area contributed by atoms with Gasteiger partial charge in [-0.25, -0.2) is 0 Å². The van der Waals surface area contributed by atoms with Crippen LogP contribution < -0.4 is 4.74 Å². The maximum Gasteiger partial charge on any atom is 0.200 e.